The standard InChI is InChI=1S/C21H19F2N3O4/c1-12-4-6-17(23)20-15(12)3-2-8-24(20)21(28)13-9-19(27)25(11-13)14-5-7-16(22)18(10-14)26(29)30/h4-7,10,13H,2-3,8-9,11H2,1H3. The SMILES string of the molecule is Cc1ccc(F)c2c1CCCN2C(=O)C1CC(=O)N(c2ccc(F)c([N+](=O)[O-])c2)C1. The molecule has 0 radical (unpaired) electrons. The maximum Gasteiger partial charge on any atom is 0.306 e. The summed E-state index contributed by atoms with van der Waals surface area (Å²) in [6.45, 7) is 2.23. The van der Waals surface area contributed by atoms with Crippen LogP contribution in [0, 0.1) is 34.6 Å². The number of halogens is 2. The lowest BCUT2D eigenvalue weighted by Crippen LogP contribution is -2.41. The van der Waals surface area contributed by atoms with Crippen molar-refractivity contribution in [3.8, 4) is 0 Å². The van der Waals surface area contributed by atoms with Crippen LogP contribution in [0.2, 0.25) is 0 Å². The van der Waals surface area contributed by atoms with Gasteiger partial charge in [-0.05, 0) is 49.1 Å². The molecule has 2 heterocycles. The zero-order valence-electron chi connectivity index (χ0n) is 16.2. The van der Waals surface area contributed by atoms with Gasteiger partial charge in [0.25, 0.3) is 0 Å². The van der Waals surface area contributed by atoms with Crippen molar-refractivity contribution in [3.63, 3.8) is 0 Å². The van der Waals surface area contributed by atoms with Crippen LogP contribution in [0.1, 0.15) is 24.0 Å². The zero-order chi connectivity index (χ0) is 21.6. The highest BCUT2D eigenvalue weighted by molar-refractivity contribution is 6.05. The minimum absolute atomic E-state index is 0.000276. The Labute approximate surface area is 171 Å². The van der Waals surface area contributed by atoms with E-state index in [0.29, 0.717) is 19.4 Å². The number of anilines is 2. The van der Waals surface area contributed by atoms with Crippen molar-refractivity contribution in [3.05, 3.63) is 63.2 Å². The number of aryl methyl sites for hydroxylation is 1. The third kappa shape index (κ3) is 3.30. The number of nitro benzene ring substituents is 1. The normalized spacial score (nSPS) is 18.5. The van der Waals surface area contributed by atoms with Gasteiger partial charge in [0.2, 0.25) is 17.6 Å². The summed E-state index contributed by atoms with van der Waals surface area (Å²) in [4.78, 5) is 38.5. The molecule has 2 amide bonds. The van der Waals surface area contributed by atoms with Crippen molar-refractivity contribution in [2.75, 3.05) is 22.9 Å². The molecule has 7 nitrogen and oxygen atoms in total. The summed E-state index contributed by atoms with van der Waals surface area (Å²) < 4.78 is 28.2. The Morgan fingerprint density at radius 1 is 1.20 bits per heavy atom. The van der Waals surface area contributed by atoms with Crippen LogP contribution in [-0.4, -0.2) is 29.8 Å². The Kier molecular flexibility index (Phi) is 4.97. The molecule has 2 aromatic rings. The predicted molar refractivity (Wildman–Crippen MR) is 105 cm³/mol. The minimum atomic E-state index is -1.00. The number of hydrogen-bond acceptors (Lipinski definition) is 4. The lowest BCUT2D eigenvalue weighted by molar-refractivity contribution is -0.387. The minimum Gasteiger partial charge on any atom is -0.311 e. The van der Waals surface area contributed by atoms with Gasteiger partial charge in [0.1, 0.15) is 5.82 Å². The van der Waals surface area contributed by atoms with Crippen LogP contribution in [0.4, 0.5) is 25.8 Å². The summed E-state index contributed by atoms with van der Waals surface area (Å²) >= 11 is 0. The first-order chi connectivity index (χ1) is 14.3. The van der Waals surface area contributed by atoms with E-state index in [4.69, 9.17) is 0 Å². The number of nitro groups is 1. The van der Waals surface area contributed by atoms with Gasteiger partial charge in [-0.2, -0.15) is 4.39 Å². The Hall–Kier alpha value is -3.36. The number of carbonyl (C=O) groups excluding carboxylic acids is 2. The molecule has 0 aromatic heterocycles. The first-order valence-corrected chi connectivity index (χ1v) is 9.61. The predicted octanol–water partition coefficient (Wildman–Crippen LogP) is 3.51. The van der Waals surface area contributed by atoms with Crippen LogP contribution < -0.4 is 9.80 Å². The largest absolute Gasteiger partial charge is 0.311 e. The van der Waals surface area contributed by atoms with Gasteiger partial charge >= 0.3 is 5.69 Å². The second-order valence-corrected chi connectivity index (χ2v) is 7.58. The van der Waals surface area contributed by atoms with Gasteiger partial charge in [-0.15, -0.1) is 0 Å². The molecule has 9 heteroatoms. The van der Waals surface area contributed by atoms with E-state index >= 15 is 0 Å². The molecule has 2 aliphatic rings. The van der Waals surface area contributed by atoms with Gasteiger partial charge in [-0.3, -0.25) is 19.7 Å². The molecule has 4 rings (SSSR count). The molecule has 0 aliphatic carbocycles. The van der Waals surface area contributed by atoms with E-state index in [-0.39, 0.29) is 30.2 Å². The fraction of sp³-hybridized carbons (Fsp3) is 0.333. The fourth-order valence-corrected chi connectivity index (χ4v) is 4.21. The monoisotopic (exact) mass is 415 g/mol. The highest BCUT2D eigenvalue weighted by Crippen LogP contribution is 2.36. The summed E-state index contributed by atoms with van der Waals surface area (Å²) in [6, 6.07) is 6.20. The molecule has 0 bridgehead atoms. The summed E-state index contributed by atoms with van der Waals surface area (Å²) in [7, 11) is 0. The molecule has 2 aromatic carbocycles. The van der Waals surface area contributed by atoms with E-state index in [1.807, 2.05) is 6.92 Å². The molecular weight excluding hydrogens is 396 g/mol. The second-order valence-electron chi connectivity index (χ2n) is 7.58. The molecule has 30 heavy (non-hydrogen) atoms. The molecule has 1 saturated heterocycles. The average Bonchev–Trinajstić information content (AvgIpc) is 3.11. The molecule has 0 N–H and O–H groups in total. The van der Waals surface area contributed by atoms with E-state index in [9.17, 15) is 28.5 Å². The van der Waals surface area contributed by atoms with Crippen LogP contribution in [0.3, 0.4) is 0 Å². The van der Waals surface area contributed by atoms with Gasteiger partial charge in [-0.1, -0.05) is 6.07 Å². The Morgan fingerprint density at radius 2 is 1.93 bits per heavy atom. The topological polar surface area (TPSA) is 83.8 Å². The lowest BCUT2D eigenvalue weighted by atomic mass is 9.95. The van der Waals surface area contributed by atoms with E-state index in [0.717, 1.165) is 23.3 Å². The van der Waals surface area contributed by atoms with Gasteiger partial charge < -0.3 is 9.80 Å². The third-order valence-electron chi connectivity index (χ3n) is 5.72. The molecule has 0 saturated carbocycles. The molecule has 0 spiro atoms. The first-order valence-electron chi connectivity index (χ1n) is 9.61. The smallest absolute Gasteiger partial charge is 0.306 e. The van der Waals surface area contributed by atoms with Gasteiger partial charge in [0, 0.05) is 25.6 Å². The first kappa shape index (κ1) is 19.9. The van der Waals surface area contributed by atoms with Crippen molar-refractivity contribution in [1.29, 1.82) is 0 Å². The summed E-state index contributed by atoms with van der Waals surface area (Å²) in [5.41, 5.74) is 1.40. The number of amides is 2. The van der Waals surface area contributed by atoms with Gasteiger partial charge in [0.15, 0.2) is 0 Å². The second kappa shape index (κ2) is 7.47. The maximum absolute atomic E-state index is 14.6. The van der Waals surface area contributed by atoms with Crippen molar-refractivity contribution in [2.45, 2.75) is 26.2 Å². The van der Waals surface area contributed by atoms with Crippen molar-refractivity contribution < 1.29 is 23.3 Å². The highest BCUT2D eigenvalue weighted by Gasteiger charge is 2.40. The number of carbonyl (C=O) groups is 2. The molecule has 156 valence electrons. The Morgan fingerprint density at radius 3 is 2.67 bits per heavy atom. The van der Waals surface area contributed by atoms with E-state index in [1.165, 1.54) is 21.9 Å². The molecule has 2 aliphatic heterocycles. The number of rotatable bonds is 3. The molecule has 1 unspecified atom stereocenters. The van der Waals surface area contributed by atoms with Crippen molar-refractivity contribution >= 4 is 28.9 Å². The molecule has 1 atom stereocenters. The maximum atomic E-state index is 14.6. The lowest BCUT2D eigenvalue weighted by Gasteiger charge is -2.32. The third-order valence-corrected chi connectivity index (χ3v) is 5.72. The summed E-state index contributed by atoms with van der Waals surface area (Å²) in [6.07, 6.45) is 1.28. The van der Waals surface area contributed by atoms with Crippen molar-refractivity contribution in [1.82, 2.24) is 0 Å². The van der Waals surface area contributed by atoms with Gasteiger partial charge in [-0.25, -0.2) is 4.39 Å². The number of benzene rings is 2. The van der Waals surface area contributed by atoms with Crippen LogP contribution >= 0.6 is 0 Å². The quantitative estimate of drug-likeness (QED) is 0.567. The average molecular weight is 415 g/mol. The van der Waals surface area contributed by atoms with Gasteiger partial charge in [0.05, 0.1) is 22.2 Å². The van der Waals surface area contributed by atoms with E-state index in [2.05, 4.69) is 0 Å². The van der Waals surface area contributed by atoms with Crippen LogP contribution in [-0.2, 0) is 16.0 Å². The van der Waals surface area contributed by atoms with E-state index < -0.39 is 34.1 Å². The summed E-state index contributed by atoms with van der Waals surface area (Å²) in [5.74, 6) is -2.94. The number of hydrogen-bond donors (Lipinski definition) is 0. The highest BCUT2D eigenvalue weighted by atomic mass is 19.1. The van der Waals surface area contributed by atoms with Crippen molar-refractivity contribution in [2.24, 2.45) is 5.92 Å². The Balaban J connectivity index is 1.60. The van der Waals surface area contributed by atoms with Crippen LogP contribution in [0.25, 0.3) is 0 Å². The van der Waals surface area contributed by atoms with E-state index in [1.54, 1.807) is 6.07 Å². The summed E-state index contributed by atoms with van der Waals surface area (Å²) in [5, 5.41) is 11.0. The van der Waals surface area contributed by atoms with Crippen LogP contribution in [0.15, 0.2) is 30.3 Å². The fourth-order valence-electron chi connectivity index (χ4n) is 4.21. The van der Waals surface area contributed by atoms with Crippen LogP contribution in [0.5, 0.6) is 0 Å². The number of nitrogens with zero attached hydrogens (tertiary/aromatic N) is 3. The number of fused-ring (bicyclic) bond motifs is 1. The molecular formula is C21H19F2N3O4. The Bertz CT molecular complexity index is 1070. The molecule has 1 fully saturated rings. The zero-order valence-corrected chi connectivity index (χ0v) is 16.2.